The summed E-state index contributed by atoms with van der Waals surface area (Å²) in [6.07, 6.45) is 0.877. The number of nitrogens with zero attached hydrogens (tertiary/aromatic N) is 2. The molecule has 0 aliphatic rings. The number of hydrogen-bond donors (Lipinski definition) is 1. The lowest BCUT2D eigenvalue weighted by Gasteiger charge is -2.03. The Labute approximate surface area is 73.0 Å². The molecular formula is C9H16N2O. The molecule has 1 aromatic rings. The highest BCUT2D eigenvalue weighted by molar-refractivity contribution is 5.33. The molecule has 0 aromatic carbocycles. The SMILES string of the molecule is CCc1nn(C)c(O)c1C(C)C. The number of aryl methyl sites for hydroxylation is 2. The van der Waals surface area contributed by atoms with Crippen molar-refractivity contribution in [2.75, 3.05) is 0 Å². The molecule has 0 amide bonds. The standard InChI is InChI=1S/C9H16N2O/c1-5-7-8(6(2)3)9(12)11(4)10-7/h6,12H,5H2,1-4H3. The van der Waals surface area contributed by atoms with Crippen molar-refractivity contribution in [2.45, 2.75) is 33.1 Å². The van der Waals surface area contributed by atoms with Crippen molar-refractivity contribution in [3.63, 3.8) is 0 Å². The summed E-state index contributed by atoms with van der Waals surface area (Å²) in [6, 6.07) is 0. The molecule has 12 heavy (non-hydrogen) atoms. The Hall–Kier alpha value is -0.990. The molecule has 68 valence electrons. The first-order valence-electron chi connectivity index (χ1n) is 4.32. The highest BCUT2D eigenvalue weighted by Crippen LogP contribution is 2.28. The van der Waals surface area contributed by atoms with Crippen LogP contribution in [0.25, 0.3) is 0 Å². The minimum absolute atomic E-state index is 0.307. The largest absolute Gasteiger partial charge is 0.493 e. The molecule has 1 N–H and O–H groups in total. The van der Waals surface area contributed by atoms with Crippen LogP contribution in [0.15, 0.2) is 0 Å². The molecule has 0 saturated carbocycles. The summed E-state index contributed by atoms with van der Waals surface area (Å²) in [5, 5.41) is 13.8. The van der Waals surface area contributed by atoms with Gasteiger partial charge in [-0.25, -0.2) is 4.68 Å². The predicted octanol–water partition coefficient (Wildman–Crippen LogP) is 1.81. The van der Waals surface area contributed by atoms with Gasteiger partial charge in [-0.15, -0.1) is 0 Å². The van der Waals surface area contributed by atoms with E-state index in [0.717, 1.165) is 17.7 Å². The van der Waals surface area contributed by atoms with Gasteiger partial charge < -0.3 is 5.11 Å². The third kappa shape index (κ3) is 1.31. The van der Waals surface area contributed by atoms with Crippen LogP contribution in [0, 0.1) is 0 Å². The minimum Gasteiger partial charge on any atom is -0.493 e. The van der Waals surface area contributed by atoms with Crippen molar-refractivity contribution >= 4 is 0 Å². The summed E-state index contributed by atoms with van der Waals surface area (Å²) >= 11 is 0. The Morgan fingerprint density at radius 3 is 2.42 bits per heavy atom. The fourth-order valence-corrected chi connectivity index (χ4v) is 1.44. The topological polar surface area (TPSA) is 38.0 Å². The molecule has 1 aromatic heterocycles. The lowest BCUT2D eigenvalue weighted by molar-refractivity contribution is 0.412. The molecule has 0 radical (unpaired) electrons. The van der Waals surface area contributed by atoms with Crippen molar-refractivity contribution < 1.29 is 5.11 Å². The van der Waals surface area contributed by atoms with Gasteiger partial charge in [0.05, 0.1) is 5.69 Å². The van der Waals surface area contributed by atoms with Crippen LogP contribution in [-0.4, -0.2) is 14.9 Å². The average molecular weight is 168 g/mol. The molecule has 1 rings (SSSR count). The average Bonchev–Trinajstić information content (AvgIpc) is 2.28. The van der Waals surface area contributed by atoms with Crippen LogP contribution in [0.1, 0.15) is 37.9 Å². The van der Waals surface area contributed by atoms with Gasteiger partial charge in [-0.1, -0.05) is 20.8 Å². The van der Waals surface area contributed by atoms with E-state index >= 15 is 0 Å². The maximum atomic E-state index is 9.62. The highest BCUT2D eigenvalue weighted by atomic mass is 16.3. The summed E-state index contributed by atoms with van der Waals surface area (Å²) in [5.41, 5.74) is 1.99. The van der Waals surface area contributed by atoms with Crippen LogP contribution in [0.5, 0.6) is 5.88 Å². The second kappa shape index (κ2) is 3.17. The van der Waals surface area contributed by atoms with Crippen LogP contribution >= 0.6 is 0 Å². The molecule has 1 heterocycles. The van der Waals surface area contributed by atoms with Crippen LogP contribution in [0.2, 0.25) is 0 Å². The molecule has 0 bridgehead atoms. The lowest BCUT2D eigenvalue weighted by atomic mass is 10.0. The zero-order valence-electron chi connectivity index (χ0n) is 8.13. The summed E-state index contributed by atoms with van der Waals surface area (Å²) in [6.45, 7) is 6.18. The fourth-order valence-electron chi connectivity index (χ4n) is 1.44. The molecule has 0 saturated heterocycles. The van der Waals surface area contributed by atoms with Gasteiger partial charge in [-0.2, -0.15) is 5.10 Å². The van der Waals surface area contributed by atoms with E-state index in [1.165, 1.54) is 4.68 Å². The smallest absolute Gasteiger partial charge is 0.212 e. The zero-order valence-corrected chi connectivity index (χ0v) is 8.13. The van der Waals surface area contributed by atoms with Gasteiger partial charge in [0.25, 0.3) is 0 Å². The third-order valence-corrected chi connectivity index (χ3v) is 2.04. The van der Waals surface area contributed by atoms with Gasteiger partial charge in [0, 0.05) is 12.6 Å². The normalized spacial score (nSPS) is 11.1. The number of rotatable bonds is 2. The number of hydrogen-bond acceptors (Lipinski definition) is 2. The molecule has 0 aliphatic heterocycles. The number of aromatic nitrogens is 2. The molecule has 0 spiro atoms. The Balaban J connectivity index is 3.21. The summed E-state index contributed by atoms with van der Waals surface area (Å²) in [5.74, 6) is 0.649. The summed E-state index contributed by atoms with van der Waals surface area (Å²) in [4.78, 5) is 0. The van der Waals surface area contributed by atoms with Crippen LogP contribution in [0.4, 0.5) is 0 Å². The van der Waals surface area contributed by atoms with E-state index in [1.807, 2.05) is 6.92 Å². The van der Waals surface area contributed by atoms with E-state index in [9.17, 15) is 5.11 Å². The van der Waals surface area contributed by atoms with Gasteiger partial charge in [-0.3, -0.25) is 0 Å². The fraction of sp³-hybridized carbons (Fsp3) is 0.667. The number of aromatic hydroxyl groups is 1. The summed E-state index contributed by atoms with van der Waals surface area (Å²) < 4.78 is 1.54. The molecule has 3 nitrogen and oxygen atoms in total. The highest BCUT2D eigenvalue weighted by Gasteiger charge is 2.16. The first kappa shape index (κ1) is 9.10. The molecule has 0 fully saturated rings. The molecule has 0 atom stereocenters. The molecule has 0 aliphatic carbocycles. The van der Waals surface area contributed by atoms with E-state index in [0.29, 0.717) is 11.8 Å². The van der Waals surface area contributed by atoms with E-state index in [2.05, 4.69) is 18.9 Å². The zero-order chi connectivity index (χ0) is 9.30. The van der Waals surface area contributed by atoms with Gasteiger partial charge in [0.15, 0.2) is 0 Å². The van der Waals surface area contributed by atoms with Crippen LogP contribution < -0.4 is 0 Å². The van der Waals surface area contributed by atoms with E-state index < -0.39 is 0 Å². The Morgan fingerprint density at radius 2 is 2.08 bits per heavy atom. The van der Waals surface area contributed by atoms with Crippen molar-refractivity contribution in [3.05, 3.63) is 11.3 Å². The molecule has 3 heteroatoms. The lowest BCUT2D eigenvalue weighted by Crippen LogP contribution is -1.91. The second-order valence-electron chi connectivity index (χ2n) is 3.32. The van der Waals surface area contributed by atoms with Gasteiger partial charge in [-0.05, 0) is 12.3 Å². The van der Waals surface area contributed by atoms with Gasteiger partial charge in [0.2, 0.25) is 5.88 Å². The van der Waals surface area contributed by atoms with Crippen molar-refractivity contribution in [1.82, 2.24) is 9.78 Å². The van der Waals surface area contributed by atoms with Gasteiger partial charge >= 0.3 is 0 Å². The van der Waals surface area contributed by atoms with Crippen molar-refractivity contribution in [1.29, 1.82) is 0 Å². The quantitative estimate of drug-likeness (QED) is 0.731. The van der Waals surface area contributed by atoms with E-state index in [1.54, 1.807) is 7.05 Å². The monoisotopic (exact) mass is 168 g/mol. The van der Waals surface area contributed by atoms with Gasteiger partial charge in [0.1, 0.15) is 0 Å². The maximum absolute atomic E-state index is 9.62. The van der Waals surface area contributed by atoms with Crippen LogP contribution in [-0.2, 0) is 13.5 Å². The minimum atomic E-state index is 0.307. The second-order valence-corrected chi connectivity index (χ2v) is 3.32. The Bertz CT molecular complexity index is 276. The molecule has 0 unspecified atom stereocenters. The van der Waals surface area contributed by atoms with E-state index in [4.69, 9.17) is 0 Å². The van der Waals surface area contributed by atoms with Crippen LogP contribution in [0.3, 0.4) is 0 Å². The maximum Gasteiger partial charge on any atom is 0.212 e. The van der Waals surface area contributed by atoms with Crippen molar-refractivity contribution in [3.8, 4) is 5.88 Å². The Morgan fingerprint density at radius 1 is 1.50 bits per heavy atom. The molecular weight excluding hydrogens is 152 g/mol. The Kier molecular flexibility index (Phi) is 2.40. The predicted molar refractivity (Wildman–Crippen MR) is 48.3 cm³/mol. The van der Waals surface area contributed by atoms with Crippen molar-refractivity contribution in [2.24, 2.45) is 7.05 Å². The first-order chi connectivity index (χ1) is 5.57. The first-order valence-corrected chi connectivity index (χ1v) is 4.32. The summed E-state index contributed by atoms with van der Waals surface area (Å²) in [7, 11) is 1.76. The van der Waals surface area contributed by atoms with E-state index in [-0.39, 0.29) is 0 Å². The third-order valence-electron chi connectivity index (χ3n) is 2.04.